The summed E-state index contributed by atoms with van der Waals surface area (Å²) < 4.78 is 3.70. The van der Waals surface area contributed by atoms with E-state index in [9.17, 15) is 4.79 Å². The summed E-state index contributed by atoms with van der Waals surface area (Å²) in [5.74, 6) is 1.36. The van der Waals surface area contributed by atoms with Gasteiger partial charge in [-0.2, -0.15) is 0 Å². The number of fused-ring (bicyclic) bond motifs is 1. The van der Waals surface area contributed by atoms with Gasteiger partial charge in [0.05, 0.1) is 6.54 Å². The highest BCUT2D eigenvalue weighted by Gasteiger charge is 2.21. The highest BCUT2D eigenvalue weighted by Crippen LogP contribution is 2.22. The number of aromatic nitrogens is 5. The van der Waals surface area contributed by atoms with E-state index < -0.39 is 6.04 Å². The number of amides is 2. The van der Waals surface area contributed by atoms with E-state index in [4.69, 9.17) is 11.6 Å². The predicted octanol–water partition coefficient (Wildman–Crippen LogP) is 2.71. The predicted molar refractivity (Wildman–Crippen MR) is 105 cm³/mol. The lowest BCUT2D eigenvalue weighted by Crippen LogP contribution is -2.39. The lowest BCUT2D eigenvalue weighted by atomic mass is 10.1. The van der Waals surface area contributed by atoms with E-state index in [1.54, 1.807) is 18.3 Å². The van der Waals surface area contributed by atoms with Gasteiger partial charge >= 0.3 is 6.03 Å². The number of rotatable bonds is 5. The molecule has 0 aliphatic carbocycles. The monoisotopic (exact) mass is 395 g/mol. The molecule has 0 saturated carbocycles. The average molecular weight is 396 g/mol. The van der Waals surface area contributed by atoms with Crippen LogP contribution in [-0.4, -0.2) is 30.2 Å². The standard InChI is InChI=1S/C19H18ClN7O/c1-26-11-9-21-18(26)17(13-5-7-14(20)8-6-13)23-19(28)22-12-16-25-24-15-4-2-3-10-27(15)16/h2-11,17H,12H2,1H3,(H2,22,23,28)/t17-/m1/s1. The Labute approximate surface area is 166 Å². The fraction of sp³-hybridized carbons (Fsp3) is 0.158. The van der Waals surface area contributed by atoms with Crippen molar-refractivity contribution in [3.8, 4) is 0 Å². The highest BCUT2D eigenvalue weighted by atomic mass is 35.5. The molecular weight excluding hydrogens is 378 g/mol. The maximum atomic E-state index is 12.6. The smallest absolute Gasteiger partial charge is 0.316 e. The third-order valence-electron chi connectivity index (χ3n) is 4.39. The number of imidazole rings is 1. The second kappa shape index (κ2) is 7.69. The van der Waals surface area contributed by atoms with Gasteiger partial charge in [-0.15, -0.1) is 10.2 Å². The molecule has 28 heavy (non-hydrogen) atoms. The van der Waals surface area contributed by atoms with Gasteiger partial charge in [0, 0.05) is 30.7 Å². The molecule has 1 atom stereocenters. The van der Waals surface area contributed by atoms with Gasteiger partial charge in [-0.25, -0.2) is 9.78 Å². The first kappa shape index (κ1) is 18.0. The third-order valence-corrected chi connectivity index (χ3v) is 4.64. The Bertz CT molecular complexity index is 1100. The second-order valence-corrected chi connectivity index (χ2v) is 6.69. The van der Waals surface area contributed by atoms with Crippen molar-refractivity contribution in [1.29, 1.82) is 0 Å². The Balaban J connectivity index is 1.51. The van der Waals surface area contributed by atoms with Crippen LogP contribution in [0, 0.1) is 0 Å². The molecule has 4 rings (SSSR count). The van der Waals surface area contributed by atoms with Gasteiger partial charge in [-0.1, -0.05) is 29.8 Å². The van der Waals surface area contributed by atoms with Gasteiger partial charge in [-0.05, 0) is 29.8 Å². The summed E-state index contributed by atoms with van der Waals surface area (Å²) in [6.45, 7) is 0.241. The first-order chi connectivity index (χ1) is 13.6. The van der Waals surface area contributed by atoms with Crippen LogP contribution >= 0.6 is 11.6 Å². The molecule has 0 aliphatic heterocycles. The van der Waals surface area contributed by atoms with E-state index >= 15 is 0 Å². The number of pyridine rings is 1. The van der Waals surface area contributed by atoms with E-state index in [1.807, 2.05) is 58.7 Å². The van der Waals surface area contributed by atoms with Crippen molar-refractivity contribution in [2.24, 2.45) is 7.05 Å². The minimum absolute atomic E-state index is 0.241. The minimum atomic E-state index is -0.424. The molecule has 0 unspecified atom stereocenters. The molecule has 9 heteroatoms. The van der Waals surface area contributed by atoms with Crippen LogP contribution in [0.2, 0.25) is 5.02 Å². The van der Waals surface area contributed by atoms with Gasteiger partial charge in [-0.3, -0.25) is 4.40 Å². The van der Waals surface area contributed by atoms with Crippen molar-refractivity contribution in [2.75, 3.05) is 0 Å². The molecular formula is C19H18ClN7O. The number of halogens is 1. The van der Waals surface area contributed by atoms with Crippen LogP contribution in [0.4, 0.5) is 4.79 Å². The Morgan fingerprint density at radius 2 is 1.96 bits per heavy atom. The van der Waals surface area contributed by atoms with Gasteiger partial charge in [0.15, 0.2) is 11.5 Å². The Morgan fingerprint density at radius 3 is 2.71 bits per heavy atom. The zero-order chi connectivity index (χ0) is 19.5. The van der Waals surface area contributed by atoms with Crippen molar-refractivity contribution in [2.45, 2.75) is 12.6 Å². The van der Waals surface area contributed by atoms with Crippen molar-refractivity contribution >= 4 is 23.3 Å². The average Bonchev–Trinajstić information content (AvgIpc) is 3.31. The van der Waals surface area contributed by atoms with Crippen LogP contribution in [0.3, 0.4) is 0 Å². The molecule has 0 saturated heterocycles. The molecule has 8 nitrogen and oxygen atoms in total. The van der Waals surface area contributed by atoms with E-state index in [0.717, 1.165) is 11.2 Å². The van der Waals surface area contributed by atoms with Crippen LogP contribution < -0.4 is 10.6 Å². The SMILES string of the molecule is Cn1ccnc1[C@H](NC(=O)NCc1nnc2ccccn12)c1ccc(Cl)cc1. The first-order valence-electron chi connectivity index (χ1n) is 8.67. The van der Waals surface area contributed by atoms with Gasteiger partial charge < -0.3 is 15.2 Å². The Hall–Kier alpha value is -3.39. The summed E-state index contributed by atoms with van der Waals surface area (Å²) in [6, 6.07) is 12.2. The number of carbonyl (C=O) groups excluding carboxylic acids is 1. The quantitative estimate of drug-likeness (QED) is 0.543. The van der Waals surface area contributed by atoms with Crippen molar-refractivity contribution < 1.29 is 4.79 Å². The van der Waals surface area contributed by atoms with Gasteiger partial charge in [0.25, 0.3) is 0 Å². The highest BCUT2D eigenvalue weighted by molar-refractivity contribution is 6.30. The number of aryl methyl sites for hydroxylation is 1. The zero-order valence-corrected chi connectivity index (χ0v) is 15.8. The lowest BCUT2D eigenvalue weighted by molar-refractivity contribution is 0.237. The fourth-order valence-corrected chi connectivity index (χ4v) is 3.09. The largest absolute Gasteiger partial charge is 0.336 e. The summed E-state index contributed by atoms with van der Waals surface area (Å²) in [4.78, 5) is 17.0. The van der Waals surface area contributed by atoms with Crippen LogP contribution in [-0.2, 0) is 13.6 Å². The molecule has 0 fully saturated rings. The third kappa shape index (κ3) is 3.67. The first-order valence-corrected chi connectivity index (χ1v) is 9.05. The van der Waals surface area contributed by atoms with Crippen LogP contribution in [0.25, 0.3) is 5.65 Å². The van der Waals surface area contributed by atoms with Crippen LogP contribution in [0.1, 0.15) is 23.3 Å². The number of hydrogen-bond donors (Lipinski definition) is 2. The lowest BCUT2D eigenvalue weighted by Gasteiger charge is -2.19. The van der Waals surface area contributed by atoms with Crippen LogP contribution in [0.15, 0.2) is 61.1 Å². The maximum absolute atomic E-state index is 12.6. The van der Waals surface area contributed by atoms with E-state index in [1.165, 1.54) is 0 Å². The van der Waals surface area contributed by atoms with Crippen LogP contribution in [0.5, 0.6) is 0 Å². The number of nitrogens with one attached hydrogen (secondary N) is 2. The van der Waals surface area contributed by atoms with E-state index in [-0.39, 0.29) is 12.6 Å². The van der Waals surface area contributed by atoms with E-state index in [2.05, 4.69) is 25.8 Å². The molecule has 1 aromatic carbocycles. The second-order valence-electron chi connectivity index (χ2n) is 6.25. The molecule has 0 aliphatic rings. The molecule has 3 heterocycles. The number of hydrogen-bond acceptors (Lipinski definition) is 4. The van der Waals surface area contributed by atoms with Crippen molar-refractivity contribution in [3.63, 3.8) is 0 Å². The summed E-state index contributed by atoms with van der Waals surface area (Å²) >= 11 is 6.00. The summed E-state index contributed by atoms with van der Waals surface area (Å²) in [6.07, 6.45) is 5.38. The number of carbonyl (C=O) groups is 1. The molecule has 4 aromatic rings. The Morgan fingerprint density at radius 1 is 1.14 bits per heavy atom. The molecule has 0 radical (unpaired) electrons. The minimum Gasteiger partial charge on any atom is -0.336 e. The molecule has 3 aromatic heterocycles. The number of benzene rings is 1. The summed E-state index contributed by atoms with van der Waals surface area (Å²) in [7, 11) is 1.88. The number of urea groups is 1. The van der Waals surface area contributed by atoms with Crippen molar-refractivity contribution in [1.82, 2.24) is 34.8 Å². The summed E-state index contributed by atoms with van der Waals surface area (Å²) in [5.41, 5.74) is 1.61. The van der Waals surface area contributed by atoms with Gasteiger partial charge in [0.1, 0.15) is 11.9 Å². The molecule has 2 N–H and O–H groups in total. The summed E-state index contributed by atoms with van der Waals surface area (Å²) in [5, 5.41) is 14.6. The fourth-order valence-electron chi connectivity index (χ4n) is 2.96. The molecule has 0 bridgehead atoms. The zero-order valence-electron chi connectivity index (χ0n) is 15.1. The number of nitrogens with zero attached hydrogens (tertiary/aromatic N) is 5. The van der Waals surface area contributed by atoms with Gasteiger partial charge in [0.2, 0.25) is 0 Å². The molecule has 2 amide bonds. The maximum Gasteiger partial charge on any atom is 0.316 e. The topological polar surface area (TPSA) is 89.1 Å². The van der Waals surface area contributed by atoms with E-state index in [0.29, 0.717) is 16.7 Å². The van der Waals surface area contributed by atoms with Crippen molar-refractivity contribution in [3.05, 3.63) is 83.3 Å². The molecule has 142 valence electrons. The Kier molecular flexibility index (Phi) is 4.94. The molecule has 0 spiro atoms. The normalized spacial score (nSPS) is 12.1.